The Bertz CT molecular complexity index is 596. The van der Waals surface area contributed by atoms with Crippen molar-refractivity contribution in [1.29, 1.82) is 0 Å². The maximum absolute atomic E-state index is 11.9. The zero-order valence-corrected chi connectivity index (χ0v) is 13.6. The van der Waals surface area contributed by atoms with Crippen molar-refractivity contribution in [3.05, 3.63) is 58.6 Å². The van der Waals surface area contributed by atoms with Gasteiger partial charge in [-0.3, -0.25) is 4.79 Å². The summed E-state index contributed by atoms with van der Waals surface area (Å²) in [4.78, 5) is 11.9. The summed E-state index contributed by atoms with van der Waals surface area (Å²) in [5.74, 6) is -0.000390. The number of anilines is 2. The first-order valence-electron chi connectivity index (χ1n) is 7.06. The van der Waals surface area contributed by atoms with Crippen molar-refractivity contribution in [2.75, 3.05) is 17.2 Å². The Labute approximate surface area is 133 Å². The molecule has 0 saturated carbocycles. The number of rotatable bonds is 6. The lowest BCUT2D eigenvalue weighted by Crippen LogP contribution is -2.16. The normalized spacial score (nSPS) is 10.2. The molecule has 0 unspecified atom stereocenters. The van der Waals surface area contributed by atoms with Crippen LogP contribution in [0.5, 0.6) is 0 Å². The Morgan fingerprint density at radius 2 is 1.81 bits per heavy atom. The third-order valence-corrected chi connectivity index (χ3v) is 3.88. The van der Waals surface area contributed by atoms with Gasteiger partial charge in [0.15, 0.2) is 0 Å². The SMILES string of the molecule is CCc1ccc(NCCC(=O)Nc2ccccc2Br)cc1. The number of hydrogen-bond acceptors (Lipinski definition) is 2. The summed E-state index contributed by atoms with van der Waals surface area (Å²) in [5, 5.41) is 6.14. The van der Waals surface area contributed by atoms with E-state index in [0.717, 1.165) is 22.3 Å². The van der Waals surface area contributed by atoms with Gasteiger partial charge in [0.25, 0.3) is 0 Å². The molecule has 0 saturated heterocycles. The summed E-state index contributed by atoms with van der Waals surface area (Å²) in [7, 11) is 0. The standard InChI is InChI=1S/C17H19BrN2O/c1-2-13-7-9-14(10-8-13)19-12-11-17(21)20-16-6-4-3-5-15(16)18/h3-10,19H,2,11-12H2,1H3,(H,20,21). The molecule has 0 spiro atoms. The lowest BCUT2D eigenvalue weighted by Gasteiger charge is -2.09. The third kappa shape index (κ3) is 4.90. The molecule has 0 aliphatic carbocycles. The Hall–Kier alpha value is -1.81. The molecule has 3 nitrogen and oxygen atoms in total. The molecule has 0 heterocycles. The Kier molecular flexibility index (Phi) is 5.81. The molecule has 0 atom stereocenters. The van der Waals surface area contributed by atoms with Crippen LogP contribution in [-0.2, 0) is 11.2 Å². The van der Waals surface area contributed by atoms with E-state index in [4.69, 9.17) is 0 Å². The molecule has 0 radical (unpaired) electrons. The second kappa shape index (κ2) is 7.84. The molecule has 0 aliphatic heterocycles. The van der Waals surface area contributed by atoms with E-state index in [9.17, 15) is 4.79 Å². The fraction of sp³-hybridized carbons (Fsp3) is 0.235. The molecule has 4 heteroatoms. The predicted molar refractivity (Wildman–Crippen MR) is 91.7 cm³/mol. The van der Waals surface area contributed by atoms with Gasteiger partial charge < -0.3 is 10.6 Å². The largest absolute Gasteiger partial charge is 0.385 e. The molecular weight excluding hydrogens is 328 g/mol. The van der Waals surface area contributed by atoms with Gasteiger partial charge in [-0.2, -0.15) is 0 Å². The second-order valence-electron chi connectivity index (χ2n) is 4.76. The van der Waals surface area contributed by atoms with Gasteiger partial charge in [-0.25, -0.2) is 0 Å². The first-order valence-corrected chi connectivity index (χ1v) is 7.85. The van der Waals surface area contributed by atoms with Gasteiger partial charge in [0.2, 0.25) is 5.91 Å². The van der Waals surface area contributed by atoms with Gasteiger partial charge >= 0.3 is 0 Å². The van der Waals surface area contributed by atoms with E-state index < -0.39 is 0 Å². The number of amides is 1. The van der Waals surface area contributed by atoms with Crippen LogP contribution in [-0.4, -0.2) is 12.5 Å². The zero-order chi connectivity index (χ0) is 15.1. The van der Waals surface area contributed by atoms with Gasteiger partial charge in [0, 0.05) is 23.1 Å². The van der Waals surface area contributed by atoms with Crippen molar-refractivity contribution in [2.45, 2.75) is 19.8 Å². The molecule has 0 aliphatic rings. The molecular formula is C17H19BrN2O. The highest BCUT2D eigenvalue weighted by molar-refractivity contribution is 9.10. The van der Waals surface area contributed by atoms with Crippen LogP contribution in [0.25, 0.3) is 0 Å². The van der Waals surface area contributed by atoms with Crippen LogP contribution < -0.4 is 10.6 Å². The molecule has 0 bridgehead atoms. The van der Waals surface area contributed by atoms with E-state index in [1.165, 1.54) is 5.56 Å². The highest BCUT2D eigenvalue weighted by Crippen LogP contribution is 2.21. The van der Waals surface area contributed by atoms with Gasteiger partial charge in [-0.1, -0.05) is 31.2 Å². The van der Waals surface area contributed by atoms with Crippen molar-refractivity contribution in [2.24, 2.45) is 0 Å². The summed E-state index contributed by atoms with van der Waals surface area (Å²) in [6.07, 6.45) is 1.46. The lowest BCUT2D eigenvalue weighted by molar-refractivity contribution is -0.115. The molecule has 21 heavy (non-hydrogen) atoms. The third-order valence-electron chi connectivity index (χ3n) is 3.19. The smallest absolute Gasteiger partial charge is 0.226 e. The van der Waals surface area contributed by atoms with Gasteiger partial charge in [0.05, 0.1) is 5.69 Å². The van der Waals surface area contributed by atoms with E-state index in [2.05, 4.69) is 45.6 Å². The van der Waals surface area contributed by atoms with E-state index >= 15 is 0 Å². The van der Waals surface area contributed by atoms with E-state index in [1.807, 2.05) is 36.4 Å². The highest BCUT2D eigenvalue weighted by atomic mass is 79.9. The van der Waals surface area contributed by atoms with Crippen LogP contribution in [0.4, 0.5) is 11.4 Å². The Morgan fingerprint density at radius 1 is 1.10 bits per heavy atom. The van der Waals surface area contributed by atoms with Gasteiger partial charge in [0.1, 0.15) is 0 Å². The van der Waals surface area contributed by atoms with Crippen LogP contribution in [0, 0.1) is 0 Å². The minimum Gasteiger partial charge on any atom is -0.385 e. The first kappa shape index (κ1) is 15.6. The first-order chi connectivity index (χ1) is 10.2. The summed E-state index contributed by atoms with van der Waals surface area (Å²) < 4.78 is 0.890. The zero-order valence-electron chi connectivity index (χ0n) is 12.0. The van der Waals surface area contributed by atoms with Crippen molar-refractivity contribution in [3.63, 3.8) is 0 Å². The minimum atomic E-state index is -0.000390. The van der Waals surface area contributed by atoms with Gasteiger partial charge in [-0.15, -0.1) is 0 Å². The number of nitrogens with one attached hydrogen (secondary N) is 2. The van der Waals surface area contributed by atoms with Crippen LogP contribution >= 0.6 is 15.9 Å². The van der Waals surface area contributed by atoms with Crippen molar-refractivity contribution < 1.29 is 4.79 Å². The van der Waals surface area contributed by atoms with Crippen LogP contribution in [0.3, 0.4) is 0 Å². The maximum Gasteiger partial charge on any atom is 0.226 e. The number of halogens is 1. The number of hydrogen-bond donors (Lipinski definition) is 2. The number of benzene rings is 2. The topological polar surface area (TPSA) is 41.1 Å². The van der Waals surface area contributed by atoms with E-state index in [0.29, 0.717) is 13.0 Å². The lowest BCUT2D eigenvalue weighted by atomic mass is 10.1. The fourth-order valence-electron chi connectivity index (χ4n) is 1.95. The Morgan fingerprint density at radius 3 is 2.48 bits per heavy atom. The maximum atomic E-state index is 11.9. The second-order valence-corrected chi connectivity index (χ2v) is 5.61. The van der Waals surface area contributed by atoms with E-state index in [1.54, 1.807) is 0 Å². The van der Waals surface area contributed by atoms with Crippen LogP contribution in [0.1, 0.15) is 18.9 Å². The van der Waals surface area contributed by atoms with E-state index in [-0.39, 0.29) is 5.91 Å². The Balaban J connectivity index is 1.77. The van der Waals surface area contributed by atoms with Crippen molar-refractivity contribution in [3.8, 4) is 0 Å². The van der Waals surface area contributed by atoms with Crippen molar-refractivity contribution in [1.82, 2.24) is 0 Å². The van der Waals surface area contributed by atoms with Crippen LogP contribution in [0.15, 0.2) is 53.0 Å². The molecule has 2 N–H and O–H groups in total. The highest BCUT2D eigenvalue weighted by Gasteiger charge is 2.04. The molecule has 0 aromatic heterocycles. The predicted octanol–water partition coefficient (Wildman–Crippen LogP) is 4.45. The quantitative estimate of drug-likeness (QED) is 0.810. The molecule has 1 amide bonds. The molecule has 2 rings (SSSR count). The summed E-state index contributed by atoms with van der Waals surface area (Å²) >= 11 is 3.41. The van der Waals surface area contributed by atoms with Gasteiger partial charge in [-0.05, 0) is 52.2 Å². The minimum absolute atomic E-state index is 0.000390. The fourth-order valence-corrected chi connectivity index (χ4v) is 2.34. The van der Waals surface area contributed by atoms with Crippen LogP contribution in [0.2, 0.25) is 0 Å². The molecule has 2 aromatic rings. The molecule has 110 valence electrons. The number of aryl methyl sites for hydroxylation is 1. The number of carbonyl (C=O) groups is 1. The number of carbonyl (C=O) groups excluding carboxylic acids is 1. The monoisotopic (exact) mass is 346 g/mol. The molecule has 2 aromatic carbocycles. The average Bonchev–Trinajstić information content (AvgIpc) is 2.50. The number of para-hydroxylation sites is 1. The summed E-state index contributed by atoms with van der Waals surface area (Å²) in [5.41, 5.74) is 3.16. The van der Waals surface area contributed by atoms with Crippen molar-refractivity contribution >= 4 is 33.2 Å². The summed E-state index contributed by atoms with van der Waals surface area (Å²) in [6, 6.07) is 15.9. The average molecular weight is 347 g/mol. The molecule has 0 fully saturated rings. The summed E-state index contributed by atoms with van der Waals surface area (Å²) in [6.45, 7) is 2.75.